The summed E-state index contributed by atoms with van der Waals surface area (Å²) in [6.07, 6.45) is 0. The van der Waals surface area contributed by atoms with E-state index in [0.29, 0.717) is 11.2 Å². The molecule has 0 heterocycles. The van der Waals surface area contributed by atoms with Crippen LogP contribution in [0.1, 0.15) is 24.7 Å². The standard InChI is InChI=1S/C20H19ClS/c1-14(2)20(22-19-11-9-18(21)10-12-19)17-8-7-15-5-3-4-6-16(15)13-17/h3-14,20H,1-2H3. The second-order valence-corrected chi connectivity index (χ2v) is 7.49. The van der Waals surface area contributed by atoms with Gasteiger partial charge in [0.15, 0.2) is 0 Å². The van der Waals surface area contributed by atoms with E-state index in [-0.39, 0.29) is 0 Å². The Labute approximate surface area is 141 Å². The second-order valence-electron chi connectivity index (χ2n) is 5.84. The second kappa shape index (κ2) is 6.76. The van der Waals surface area contributed by atoms with Crippen molar-refractivity contribution in [2.45, 2.75) is 24.0 Å². The van der Waals surface area contributed by atoms with Crippen LogP contribution in [0.15, 0.2) is 71.6 Å². The van der Waals surface area contributed by atoms with Gasteiger partial charge in [0.25, 0.3) is 0 Å². The van der Waals surface area contributed by atoms with E-state index in [9.17, 15) is 0 Å². The third-order valence-corrected chi connectivity index (χ3v) is 5.65. The SMILES string of the molecule is CC(C)C(Sc1ccc(Cl)cc1)c1ccc2ccccc2c1. The lowest BCUT2D eigenvalue weighted by molar-refractivity contribution is 0.632. The summed E-state index contributed by atoms with van der Waals surface area (Å²) in [6, 6.07) is 23.5. The first-order valence-corrected chi connectivity index (χ1v) is 8.80. The minimum atomic E-state index is 0.436. The Morgan fingerprint density at radius 1 is 0.818 bits per heavy atom. The maximum atomic E-state index is 5.98. The van der Waals surface area contributed by atoms with Gasteiger partial charge in [-0.05, 0) is 46.5 Å². The molecule has 3 rings (SSSR count). The predicted octanol–water partition coefficient (Wildman–Crippen LogP) is 6.98. The molecule has 1 unspecified atom stereocenters. The van der Waals surface area contributed by atoms with Crippen molar-refractivity contribution in [3.05, 3.63) is 77.3 Å². The number of fused-ring (bicyclic) bond motifs is 1. The molecule has 1 atom stereocenters. The van der Waals surface area contributed by atoms with Crippen molar-refractivity contribution in [1.82, 2.24) is 0 Å². The highest BCUT2D eigenvalue weighted by molar-refractivity contribution is 7.99. The van der Waals surface area contributed by atoms with Crippen LogP contribution in [0.4, 0.5) is 0 Å². The fourth-order valence-electron chi connectivity index (χ4n) is 2.63. The van der Waals surface area contributed by atoms with Crippen molar-refractivity contribution in [2.75, 3.05) is 0 Å². The van der Waals surface area contributed by atoms with Crippen LogP contribution in [-0.2, 0) is 0 Å². The van der Waals surface area contributed by atoms with Crippen LogP contribution >= 0.6 is 23.4 Å². The quantitative estimate of drug-likeness (QED) is 0.466. The highest BCUT2D eigenvalue weighted by Gasteiger charge is 2.17. The minimum absolute atomic E-state index is 0.436. The lowest BCUT2D eigenvalue weighted by Crippen LogP contribution is -2.02. The van der Waals surface area contributed by atoms with Crippen LogP contribution < -0.4 is 0 Å². The maximum Gasteiger partial charge on any atom is 0.0406 e. The van der Waals surface area contributed by atoms with Crippen LogP contribution in [0.5, 0.6) is 0 Å². The lowest BCUT2D eigenvalue weighted by Gasteiger charge is -2.21. The Bertz CT molecular complexity index is 762. The maximum absolute atomic E-state index is 5.98. The molecule has 0 fully saturated rings. The van der Waals surface area contributed by atoms with E-state index in [4.69, 9.17) is 11.6 Å². The number of halogens is 1. The minimum Gasteiger partial charge on any atom is -0.118 e. The molecular weight excluding hydrogens is 308 g/mol. The van der Waals surface area contributed by atoms with Gasteiger partial charge in [-0.2, -0.15) is 0 Å². The zero-order valence-corrected chi connectivity index (χ0v) is 14.4. The third kappa shape index (κ3) is 3.48. The number of hydrogen-bond donors (Lipinski definition) is 0. The molecule has 0 amide bonds. The van der Waals surface area contributed by atoms with Crippen molar-refractivity contribution in [3.8, 4) is 0 Å². The third-order valence-electron chi connectivity index (χ3n) is 3.78. The van der Waals surface area contributed by atoms with E-state index < -0.39 is 0 Å². The highest BCUT2D eigenvalue weighted by Crippen LogP contribution is 2.41. The molecule has 0 radical (unpaired) electrons. The molecule has 0 nitrogen and oxygen atoms in total. The van der Waals surface area contributed by atoms with Crippen molar-refractivity contribution in [3.63, 3.8) is 0 Å². The summed E-state index contributed by atoms with van der Waals surface area (Å²) in [5, 5.41) is 3.83. The van der Waals surface area contributed by atoms with Crippen LogP contribution in [0.25, 0.3) is 10.8 Å². The average molecular weight is 327 g/mol. The van der Waals surface area contributed by atoms with Gasteiger partial charge in [-0.3, -0.25) is 0 Å². The summed E-state index contributed by atoms with van der Waals surface area (Å²) >= 11 is 7.89. The summed E-state index contributed by atoms with van der Waals surface area (Å²) in [4.78, 5) is 1.26. The Morgan fingerprint density at radius 2 is 1.50 bits per heavy atom. The molecule has 112 valence electrons. The first kappa shape index (κ1) is 15.5. The number of thioether (sulfide) groups is 1. The molecule has 0 saturated heterocycles. The first-order chi connectivity index (χ1) is 10.6. The predicted molar refractivity (Wildman–Crippen MR) is 98.8 cm³/mol. The fourth-order valence-corrected chi connectivity index (χ4v) is 3.90. The van der Waals surface area contributed by atoms with E-state index in [1.165, 1.54) is 21.2 Å². The molecule has 0 aliphatic heterocycles. The van der Waals surface area contributed by atoms with Crippen molar-refractivity contribution in [2.24, 2.45) is 5.92 Å². The molecule has 22 heavy (non-hydrogen) atoms. The van der Waals surface area contributed by atoms with Gasteiger partial charge in [0, 0.05) is 15.2 Å². The van der Waals surface area contributed by atoms with E-state index in [1.54, 1.807) is 0 Å². The van der Waals surface area contributed by atoms with Gasteiger partial charge in [-0.15, -0.1) is 11.8 Å². The Balaban J connectivity index is 1.93. The molecule has 0 bridgehead atoms. The summed E-state index contributed by atoms with van der Waals surface area (Å²) < 4.78 is 0. The topological polar surface area (TPSA) is 0 Å². The molecule has 2 heteroatoms. The Hall–Kier alpha value is -1.44. The summed E-state index contributed by atoms with van der Waals surface area (Å²) in [5.41, 5.74) is 1.38. The van der Waals surface area contributed by atoms with Gasteiger partial charge in [0.1, 0.15) is 0 Å². The summed E-state index contributed by atoms with van der Waals surface area (Å²) in [6.45, 7) is 4.56. The molecule has 3 aromatic rings. The smallest absolute Gasteiger partial charge is 0.0406 e. The largest absolute Gasteiger partial charge is 0.118 e. The van der Waals surface area contributed by atoms with Crippen molar-refractivity contribution in [1.29, 1.82) is 0 Å². The summed E-state index contributed by atoms with van der Waals surface area (Å²) in [7, 11) is 0. The van der Waals surface area contributed by atoms with Crippen molar-refractivity contribution >= 4 is 34.1 Å². The van der Waals surface area contributed by atoms with Crippen LogP contribution in [0.3, 0.4) is 0 Å². The van der Waals surface area contributed by atoms with E-state index in [1.807, 2.05) is 23.9 Å². The average Bonchev–Trinajstić information content (AvgIpc) is 2.53. The van der Waals surface area contributed by atoms with Crippen LogP contribution in [-0.4, -0.2) is 0 Å². The molecule has 3 aromatic carbocycles. The first-order valence-electron chi connectivity index (χ1n) is 7.54. The van der Waals surface area contributed by atoms with Gasteiger partial charge >= 0.3 is 0 Å². The number of hydrogen-bond acceptors (Lipinski definition) is 1. The normalized spacial score (nSPS) is 12.7. The molecule has 0 aliphatic carbocycles. The molecule has 0 N–H and O–H groups in total. The van der Waals surface area contributed by atoms with Gasteiger partial charge in [0.2, 0.25) is 0 Å². The monoisotopic (exact) mass is 326 g/mol. The summed E-state index contributed by atoms with van der Waals surface area (Å²) in [5.74, 6) is 0.557. The van der Waals surface area contributed by atoms with Crippen LogP contribution in [0.2, 0.25) is 5.02 Å². The lowest BCUT2D eigenvalue weighted by atomic mass is 9.99. The van der Waals surface area contributed by atoms with Crippen LogP contribution in [0, 0.1) is 5.92 Å². The van der Waals surface area contributed by atoms with Gasteiger partial charge in [-0.25, -0.2) is 0 Å². The van der Waals surface area contributed by atoms with Gasteiger partial charge < -0.3 is 0 Å². The van der Waals surface area contributed by atoms with E-state index >= 15 is 0 Å². The fraction of sp³-hybridized carbons (Fsp3) is 0.200. The van der Waals surface area contributed by atoms with Gasteiger partial charge in [0.05, 0.1) is 0 Å². The Morgan fingerprint density at radius 3 is 2.18 bits per heavy atom. The molecule has 0 aromatic heterocycles. The highest BCUT2D eigenvalue weighted by atomic mass is 35.5. The molecule has 0 aliphatic rings. The zero-order chi connectivity index (χ0) is 15.5. The van der Waals surface area contributed by atoms with Crippen molar-refractivity contribution < 1.29 is 0 Å². The molecular formula is C20H19ClS. The number of benzene rings is 3. The molecule has 0 spiro atoms. The number of rotatable bonds is 4. The molecule has 0 saturated carbocycles. The van der Waals surface area contributed by atoms with Gasteiger partial charge in [-0.1, -0.05) is 67.9 Å². The zero-order valence-electron chi connectivity index (χ0n) is 12.8. The van der Waals surface area contributed by atoms with E-state index in [2.05, 4.69) is 68.4 Å². The Kier molecular flexibility index (Phi) is 4.75. The van der Waals surface area contributed by atoms with E-state index in [0.717, 1.165) is 5.02 Å².